The van der Waals surface area contributed by atoms with Crippen molar-refractivity contribution in [2.45, 2.75) is 38.5 Å². The Morgan fingerprint density at radius 3 is 2.53 bits per heavy atom. The molecule has 0 unspecified atom stereocenters. The van der Waals surface area contributed by atoms with Crippen molar-refractivity contribution in [3.8, 4) is 5.75 Å². The number of aromatic hydroxyl groups is 1. The molecule has 0 spiro atoms. The summed E-state index contributed by atoms with van der Waals surface area (Å²) in [4.78, 5) is 25.3. The molecule has 4 rings (SSSR count). The lowest BCUT2D eigenvalue weighted by molar-refractivity contribution is -0.139. The first kappa shape index (κ1) is 20.1. The Bertz CT molecular complexity index is 1160. The summed E-state index contributed by atoms with van der Waals surface area (Å²) in [7, 11) is 0. The Labute approximate surface area is 171 Å². The molecule has 1 aliphatic rings. The third-order valence-electron chi connectivity index (χ3n) is 6.05. The van der Waals surface area contributed by atoms with Gasteiger partial charge in [-0.1, -0.05) is 25.3 Å². The first-order chi connectivity index (χ1) is 14.3. The summed E-state index contributed by atoms with van der Waals surface area (Å²) in [5.74, 6) is -4.67. The number of carboxylic acids is 1. The van der Waals surface area contributed by atoms with Gasteiger partial charge < -0.3 is 10.2 Å². The van der Waals surface area contributed by atoms with Crippen molar-refractivity contribution in [2.24, 2.45) is 5.92 Å². The fraction of sp³-hybridized carbons (Fsp3) is 0.304. The first-order valence-corrected chi connectivity index (χ1v) is 9.85. The number of nitrogens with zero attached hydrogens (tertiary/aromatic N) is 1. The van der Waals surface area contributed by atoms with Crippen LogP contribution in [0.2, 0.25) is 0 Å². The predicted octanol–water partition coefficient (Wildman–Crippen LogP) is 4.98. The lowest BCUT2D eigenvalue weighted by atomic mass is 9.76. The monoisotopic (exact) mass is 413 g/mol. The number of carbonyl (C=O) groups is 2. The van der Waals surface area contributed by atoms with Crippen LogP contribution in [0, 0.1) is 24.5 Å². The van der Waals surface area contributed by atoms with Crippen LogP contribution in [0.15, 0.2) is 36.4 Å². The molecule has 2 N–H and O–H groups in total. The van der Waals surface area contributed by atoms with E-state index in [1.54, 1.807) is 6.92 Å². The van der Waals surface area contributed by atoms with Crippen molar-refractivity contribution in [1.82, 2.24) is 4.57 Å². The summed E-state index contributed by atoms with van der Waals surface area (Å²) in [5, 5.41) is 19.8. The molecular formula is C23H21F2NO4. The third-order valence-corrected chi connectivity index (χ3v) is 6.05. The molecule has 7 heteroatoms. The largest absolute Gasteiger partial charge is 0.505 e. The Morgan fingerprint density at radius 2 is 1.93 bits per heavy atom. The quantitative estimate of drug-likeness (QED) is 0.618. The Kier molecular flexibility index (Phi) is 5.05. The molecule has 1 aromatic heterocycles. The second-order valence-corrected chi connectivity index (χ2v) is 7.87. The standard InChI is InChI=1S/C23H21F2NO4/c1-12-19(16(23(29)30)10-13-4-2-5-13)20-17(8-9-18(27)21(20)25)26(12)22(28)14-6-3-7-15(24)11-14/h3,6-9,11,13,16,27H,2,4-5,10H2,1H3,(H,29,30)/t16-/m0/s1. The number of phenolic OH excluding ortho intramolecular Hbond substituents is 1. The first-order valence-electron chi connectivity index (χ1n) is 9.85. The second kappa shape index (κ2) is 7.55. The molecule has 5 nitrogen and oxygen atoms in total. The molecular weight excluding hydrogens is 392 g/mol. The fourth-order valence-electron chi connectivity index (χ4n) is 4.32. The number of carboxylic acid groups (broad SMARTS) is 1. The number of aliphatic carboxylic acids is 1. The minimum Gasteiger partial charge on any atom is -0.505 e. The van der Waals surface area contributed by atoms with Crippen molar-refractivity contribution in [3.05, 3.63) is 64.9 Å². The molecule has 3 aromatic rings. The highest BCUT2D eigenvalue weighted by atomic mass is 19.1. The van der Waals surface area contributed by atoms with Gasteiger partial charge in [0.05, 0.1) is 11.4 Å². The molecule has 0 amide bonds. The average molecular weight is 413 g/mol. The zero-order valence-corrected chi connectivity index (χ0v) is 16.4. The molecule has 1 fully saturated rings. The van der Waals surface area contributed by atoms with E-state index in [0.29, 0.717) is 6.42 Å². The summed E-state index contributed by atoms with van der Waals surface area (Å²) < 4.78 is 29.9. The predicted molar refractivity (Wildman–Crippen MR) is 107 cm³/mol. The zero-order chi connectivity index (χ0) is 21.6. The van der Waals surface area contributed by atoms with E-state index < -0.39 is 35.2 Å². The molecule has 0 radical (unpaired) electrons. The number of rotatable bonds is 5. The van der Waals surface area contributed by atoms with Crippen LogP contribution in [0.1, 0.15) is 53.2 Å². The van der Waals surface area contributed by atoms with Gasteiger partial charge in [-0.05, 0) is 55.2 Å². The van der Waals surface area contributed by atoms with E-state index in [2.05, 4.69) is 0 Å². The minimum absolute atomic E-state index is 0.0564. The van der Waals surface area contributed by atoms with Gasteiger partial charge >= 0.3 is 5.97 Å². The smallest absolute Gasteiger partial charge is 0.311 e. The number of fused-ring (bicyclic) bond motifs is 1. The van der Waals surface area contributed by atoms with Gasteiger partial charge in [0, 0.05) is 16.6 Å². The molecule has 0 aliphatic heterocycles. The molecule has 1 atom stereocenters. The van der Waals surface area contributed by atoms with Gasteiger partial charge in [0.25, 0.3) is 5.91 Å². The van der Waals surface area contributed by atoms with E-state index in [-0.39, 0.29) is 33.6 Å². The third kappa shape index (κ3) is 3.24. The highest BCUT2D eigenvalue weighted by Crippen LogP contribution is 2.42. The van der Waals surface area contributed by atoms with E-state index in [1.165, 1.54) is 28.8 Å². The number of carbonyl (C=O) groups excluding carboxylic acids is 1. The highest BCUT2D eigenvalue weighted by Gasteiger charge is 2.34. The van der Waals surface area contributed by atoms with Crippen molar-refractivity contribution in [3.63, 3.8) is 0 Å². The maximum Gasteiger partial charge on any atom is 0.311 e. The summed E-state index contributed by atoms with van der Waals surface area (Å²) in [5.41, 5.74) is 0.658. The van der Waals surface area contributed by atoms with Crippen LogP contribution in [0.4, 0.5) is 8.78 Å². The molecule has 1 heterocycles. The topological polar surface area (TPSA) is 79.5 Å². The number of hydrogen-bond acceptors (Lipinski definition) is 3. The molecule has 156 valence electrons. The second-order valence-electron chi connectivity index (χ2n) is 7.87. The van der Waals surface area contributed by atoms with E-state index in [4.69, 9.17) is 0 Å². The highest BCUT2D eigenvalue weighted by molar-refractivity contribution is 6.05. The van der Waals surface area contributed by atoms with E-state index in [9.17, 15) is 24.2 Å². The van der Waals surface area contributed by atoms with E-state index in [1.807, 2.05) is 0 Å². The van der Waals surface area contributed by atoms with Crippen molar-refractivity contribution in [2.75, 3.05) is 0 Å². The maximum absolute atomic E-state index is 15.0. The Balaban J connectivity index is 1.96. The van der Waals surface area contributed by atoms with Gasteiger partial charge in [0.1, 0.15) is 5.82 Å². The fourth-order valence-corrected chi connectivity index (χ4v) is 4.32. The summed E-state index contributed by atoms with van der Waals surface area (Å²) in [6, 6.07) is 7.62. The van der Waals surface area contributed by atoms with Gasteiger partial charge in [-0.25, -0.2) is 8.78 Å². The molecule has 1 aliphatic carbocycles. The number of phenols is 1. The number of benzene rings is 2. The Hall–Kier alpha value is -3.22. The summed E-state index contributed by atoms with van der Waals surface area (Å²) in [6.07, 6.45) is 3.19. The molecule has 30 heavy (non-hydrogen) atoms. The summed E-state index contributed by atoms with van der Waals surface area (Å²) in [6.45, 7) is 1.56. The van der Waals surface area contributed by atoms with Crippen molar-refractivity contribution >= 4 is 22.8 Å². The van der Waals surface area contributed by atoms with Crippen molar-refractivity contribution < 1.29 is 28.6 Å². The van der Waals surface area contributed by atoms with Gasteiger partial charge in [-0.2, -0.15) is 0 Å². The zero-order valence-electron chi connectivity index (χ0n) is 16.4. The lowest BCUT2D eigenvalue weighted by Gasteiger charge is -2.28. The van der Waals surface area contributed by atoms with Gasteiger partial charge in [0.15, 0.2) is 11.6 Å². The van der Waals surface area contributed by atoms with Crippen LogP contribution in [0.3, 0.4) is 0 Å². The number of aromatic nitrogens is 1. The number of halogens is 2. The van der Waals surface area contributed by atoms with Gasteiger partial charge in [-0.15, -0.1) is 0 Å². The minimum atomic E-state index is -1.11. The summed E-state index contributed by atoms with van der Waals surface area (Å²) >= 11 is 0. The van der Waals surface area contributed by atoms with Crippen LogP contribution in [-0.2, 0) is 4.79 Å². The molecule has 0 saturated heterocycles. The Morgan fingerprint density at radius 1 is 1.20 bits per heavy atom. The average Bonchev–Trinajstić information content (AvgIpc) is 2.95. The molecule has 2 aromatic carbocycles. The number of hydrogen-bond donors (Lipinski definition) is 2. The molecule has 1 saturated carbocycles. The van der Waals surface area contributed by atoms with Crippen LogP contribution in [0.25, 0.3) is 10.9 Å². The van der Waals surface area contributed by atoms with Crippen LogP contribution in [0.5, 0.6) is 5.75 Å². The normalized spacial score (nSPS) is 15.2. The van der Waals surface area contributed by atoms with Crippen LogP contribution in [-0.4, -0.2) is 26.7 Å². The van der Waals surface area contributed by atoms with E-state index in [0.717, 1.165) is 31.4 Å². The van der Waals surface area contributed by atoms with E-state index >= 15 is 4.39 Å². The lowest BCUT2D eigenvalue weighted by Crippen LogP contribution is -2.21. The van der Waals surface area contributed by atoms with Gasteiger partial charge in [0.2, 0.25) is 0 Å². The van der Waals surface area contributed by atoms with Crippen LogP contribution < -0.4 is 0 Å². The van der Waals surface area contributed by atoms with Crippen molar-refractivity contribution in [1.29, 1.82) is 0 Å². The molecule has 0 bridgehead atoms. The van der Waals surface area contributed by atoms with Crippen LogP contribution >= 0.6 is 0 Å². The van der Waals surface area contributed by atoms with Gasteiger partial charge in [-0.3, -0.25) is 14.2 Å². The SMILES string of the molecule is Cc1c([C@H](CC2CCC2)C(=O)O)c2c(F)c(O)ccc2n1C(=O)c1cccc(F)c1. The maximum atomic E-state index is 15.0.